The summed E-state index contributed by atoms with van der Waals surface area (Å²) >= 11 is 0. The predicted octanol–water partition coefficient (Wildman–Crippen LogP) is 5.63. The summed E-state index contributed by atoms with van der Waals surface area (Å²) in [4.78, 5) is 6.57. The number of hydrogen-bond donors (Lipinski definition) is 0. The minimum absolute atomic E-state index is 0.223. The molecule has 0 saturated heterocycles. The zero-order valence-electron chi connectivity index (χ0n) is 17.1. The third kappa shape index (κ3) is 2.59. The topological polar surface area (TPSA) is 23.6 Å². The fourth-order valence-electron chi connectivity index (χ4n) is 4.66. The quantitative estimate of drug-likeness (QED) is 0.436. The molecule has 2 unspecified atom stereocenters. The van der Waals surface area contributed by atoms with E-state index in [4.69, 9.17) is 0 Å². The molecule has 0 aromatic heterocycles. The van der Waals surface area contributed by atoms with E-state index >= 15 is 0 Å². The maximum absolute atomic E-state index is 12.9. The first-order valence-electron chi connectivity index (χ1n) is 9.93. The Hall–Kier alpha value is -2.85. The van der Waals surface area contributed by atoms with Crippen LogP contribution in [0.25, 0.3) is 16.8 Å². The maximum atomic E-state index is 12.9. The first-order valence-corrected chi connectivity index (χ1v) is 11.1. The number of nitrogens with zero attached hydrogens (tertiary/aromatic N) is 2. The van der Waals surface area contributed by atoms with E-state index in [9.17, 15) is 4.21 Å². The van der Waals surface area contributed by atoms with Gasteiger partial charge in [0.05, 0.1) is 26.3 Å². The molecular formula is C25H24N2OS. The molecule has 146 valence electrons. The first kappa shape index (κ1) is 18.2. The number of benzene rings is 3. The smallest absolute Gasteiger partial charge is 0.103 e. The lowest BCUT2D eigenvalue weighted by Crippen LogP contribution is -2.35. The van der Waals surface area contributed by atoms with Crippen molar-refractivity contribution in [3.05, 3.63) is 83.6 Å². The monoisotopic (exact) mass is 400 g/mol. The highest BCUT2D eigenvalue weighted by atomic mass is 32.2. The second kappa shape index (κ2) is 6.60. The second-order valence-electron chi connectivity index (χ2n) is 7.81. The fraction of sp³-hybridized carbons (Fsp3) is 0.200. The van der Waals surface area contributed by atoms with Crippen LogP contribution in [0.2, 0.25) is 0 Å². The van der Waals surface area contributed by atoms with E-state index in [0.717, 1.165) is 20.9 Å². The molecule has 0 aliphatic carbocycles. The Bertz CT molecular complexity index is 1200. The number of anilines is 1. The van der Waals surface area contributed by atoms with Crippen LogP contribution in [0.15, 0.2) is 82.2 Å². The summed E-state index contributed by atoms with van der Waals surface area (Å²) in [6.45, 7) is 6.59. The molecule has 29 heavy (non-hydrogen) atoms. The molecule has 0 fully saturated rings. The summed E-state index contributed by atoms with van der Waals surface area (Å²) in [5, 5.41) is 0. The zero-order valence-corrected chi connectivity index (χ0v) is 18.0. The summed E-state index contributed by atoms with van der Waals surface area (Å²) < 4.78 is 12.9. The Kier molecular flexibility index (Phi) is 4.14. The van der Waals surface area contributed by atoms with Gasteiger partial charge in [-0.1, -0.05) is 42.5 Å². The third-order valence-corrected chi connectivity index (χ3v) is 7.71. The zero-order chi connectivity index (χ0) is 20.3. The summed E-state index contributed by atoms with van der Waals surface area (Å²) in [6, 6.07) is 22.9. The SMILES string of the molecule is CC1=C(c2ccc3c(c2)-c2ccccc2S3=O)N(C)C(C)N1c1ccccc1C. The summed E-state index contributed by atoms with van der Waals surface area (Å²) in [6.07, 6.45) is 0.223. The molecule has 0 spiro atoms. The lowest BCUT2D eigenvalue weighted by molar-refractivity contribution is 0.398. The number of hydrogen-bond acceptors (Lipinski definition) is 3. The van der Waals surface area contributed by atoms with Crippen LogP contribution in [0.4, 0.5) is 5.69 Å². The number of aryl methyl sites for hydroxylation is 1. The van der Waals surface area contributed by atoms with Crippen LogP contribution in [0.1, 0.15) is 25.0 Å². The molecule has 3 aromatic carbocycles. The van der Waals surface area contributed by atoms with E-state index in [-0.39, 0.29) is 6.17 Å². The van der Waals surface area contributed by atoms with Crippen LogP contribution in [-0.4, -0.2) is 22.3 Å². The molecule has 0 N–H and O–H groups in total. The molecule has 4 heteroatoms. The highest BCUT2D eigenvalue weighted by Gasteiger charge is 2.34. The Morgan fingerprint density at radius 2 is 1.55 bits per heavy atom. The van der Waals surface area contributed by atoms with Crippen molar-refractivity contribution < 1.29 is 4.21 Å². The summed E-state index contributed by atoms with van der Waals surface area (Å²) in [5.74, 6) is 0. The van der Waals surface area contributed by atoms with Gasteiger partial charge in [-0.25, -0.2) is 4.21 Å². The second-order valence-corrected chi connectivity index (χ2v) is 9.23. The molecule has 0 radical (unpaired) electrons. The van der Waals surface area contributed by atoms with E-state index in [1.165, 1.54) is 28.2 Å². The molecule has 5 rings (SSSR count). The lowest BCUT2D eigenvalue weighted by Gasteiger charge is -2.30. The Morgan fingerprint density at radius 1 is 0.862 bits per heavy atom. The van der Waals surface area contributed by atoms with Crippen molar-refractivity contribution in [2.45, 2.75) is 36.7 Å². The van der Waals surface area contributed by atoms with Crippen LogP contribution in [0, 0.1) is 6.92 Å². The van der Waals surface area contributed by atoms with E-state index < -0.39 is 10.8 Å². The molecule has 2 aliphatic rings. The van der Waals surface area contributed by atoms with Gasteiger partial charge in [-0.3, -0.25) is 0 Å². The minimum atomic E-state index is -1.09. The van der Waals surface area contributed by atoms with Crippen molar-refractivity contribution >= 4 is 22.2 Å². The average molecular weight is 401 g/mol. The number of rotatable bonds is 2. The fourth-order valence-corrected chi connectivity index (χ4v) is 6.03. The number of allylic oxidation sites excluding steroid dienone is 1. The van der Waals surface area contributed by atoms with Gasteiger partial charge in [-0.05, 0) is 56.2 Å². The third-order valence-electron chi connectivity index (χ3n) is 6.20. The molecule has 2 aliphatic heterocycles. The van der Waals surface area contributed by atoms with Gasteiger partial charge in [0.2, 0.25) is 0 Å². The lowest BCUT2D eigenvalue weighted by atomic mass is 10.0. The molecule has 3 aromatic rings. The van der Waals surface area contributed by atoms with Crippen molar-refractivity contribution in [3.8, 4) is 11.1 Å². The Balaban J connectivity index is 1.65. The van der Waals surface area contributed by atoms with Gasteiger partial charge >= 0.3 is 0 Å². The minimum Gasteiger partial charge on any atom is -0.352 e. The standard InChI is InChI=1S/C25H24N2OS/c1-16-9-5-7-11-22(16)27-17(2)25(26(4)18(27)3)19-13-14-24-21(15-19)20-10-6-8-12-23(20)29(24)28/h5-15,18H,1-4H3. The van der Waals surface area contributed by atoms with E-state index in [0.29, 0.717) is 0 Å². The summed E-state index contributed by atoms with van der Waals surface area (Å²) in [5.41, 5.74) is 8.32. The van der Waals surface area contributed by atoms with Gasteiger partial charge in [-0.15, -0.1) is 0 Å². The van der Waals surface area contributed by atoms with Crippen molar-refractivity contribution in [2.24, 2.45) is 0 Å². The molecule has 3 nitrogen and oxygen atoms in total. The van der Waals surface area contributed by atoms with Crippen LogP contribution in [0.5, 0.6) is 0 Å². The molecule has 2 heterocycles. The maximum Gasteiger partial charge on any atom is 0.103 e. The normalized spacial score (nSPS) is 20.3. The van der Waals surface area contributed by atoms with Gasteiger partial charge in [0.25, 0.3) is 0 Å². The van der Waals surface area contributed by atoms with Gasteiger partial charge < -0.3 is 9.80 Å². The summed E-state index contributed by atoms with van der Waals surface area (Å²) in [7, 11) is 1.07. The van der Waals surface area contributed by atoms with Crippen molar-refractivity contribution in [1.29, 1.82) is 0 Å². The largest absolute Gasteiger partial charge is 0.352 e. The molecule has 0 amide bonds. The molecular weight excluding hydrogens is 376 g/mol. The first-order chi connectivity index (χ1) is 14.0. The van der Waals surface area contributed by atoms with E-state index in [2.05, 4.69) is 80.1 Å². The van der Waals surface area contributed by atoms with Crippen molar-refractivity contribution in [1.82, 2.24) is 4.90 Å². The molecule has 0 bridgehead atoms. The molecule has 2 atom stereocenters. The van der Waals surface area contributed by atoms with Crippen LogP contribution in [0.3, 0.4) is 0 Å². The van der Waals surface area contributed by atoms with Gasteiger partial charge in [0, 0.05) is 29.6 Å². The predicted molar refractivity (Wildman–Crippen MR) is 120 cm³/mol. The van der Waals surface area contributed by atoms with Crippen LogP contribution in [-0.2, 0) is 10.8 Å². The highest BCUT2D eigenvalue weighted by molar-refractivity contribution is 7.85. The van der Waals surface area contributed by atoms with Gasteiger partial charge in [-0.2, -0.15) is 0 Å². The number of para-hydroxylation sites is 1. The van der Waals surface area contributed by atoms with Gasteiger partial charge in [0.15, 0.2) is 0 Å². The number of fused-ring (bicyclic) bond motifs is 3. The Labute approximate surface area is 174 Å². The van der Waals surface area contributed by atoms with Gasteiger partial charge in [0.1, 0.15) is 6.17 Å². The van der Waals surface area contributed by atoms with E-state index in [1.54, 1.807) is 0 Å². The molecule has 0 saturated carbocycles. The average Bonchev–Trinajstić information content (AvgIpc) is 3.13. The van der Waals surface area contributed by atoms with Crippen LogP contribution < -0.4 is 4.90 Å². The highest BCUT2D eigenvalue weighted by Crippen LogP contribution is 2.44. The Morgan fingerprint density at radius 3 is 2.34 bits per heavy atom. The van der Waals surface area contributed by atoms with Crippen molar-refractivity contribution in [3.63, 3.8) is 0 Å². The van der Waals surface area contributed by atoms with Crippen LogP contribution >= 0.6 is 0 Å². The van der Waals surface area contributed by atoms with E-state index in [1.807, 2.05) is 24.3 Å². The van der Waals surface area contributed by atoms with Crippen molar-refractivity contribution in [2.75, 3.05) is 11.9 Å².